The van der Waals surface area contributed by atoms with Crippen molar-refractivity contribution in [1.82, 2.24) is 15.5 Å². The molecule has 31 heavy (non-hydrogen) atoms. The molecule has 1 aromatic rings. The fraction of sp³-hybridized carbons (Fsp3) is 0.652. The number of ether oxygens (including phenoxy) is 3. The van der Waals surface area contributed by atoms with E-state index in [2.05, 4.69) is 15.6 Å². The van der Waals surface area contributed by atoms with Crippen LogP contribution in [-0.4, -0.2) is 69.6 Å². The summed E-state index contributed by atoms with van der Waals surface area (Å²) in [6, 6.07) is 7.79. The van der Waals surface area contributed by atoms with Gasteiger partial charge in [-0.3, -0.25) is 4.79 Å². The molecule has 1 saturated heterocycles. The second-order valence-corrected chi connectivity index (χ2v) is 8.41. The fourth-order valence-electron chi connectivity index (χ4n) is 3.85. The molecule has 1 aliphatic carbocycles. The Morgan fingerprint density at radius 1 is 1.16 bits per heavy atom. The van der Waals surface area contributed by atoms with Crippen molar-refractivity contribution in [2.75, 3.05) is 40.9 Å². The van der Waals surface area contributed by atoms with E-state index in [1.165, 1.54) is 12.8 Å². The van der Waals surface area contributed by atoms with E-state index in [9.17, 15) is 4.79 Å². The monoisotopic (exact) mass is 432 g/mol. The highest BCUT2D eigenvalue weighted by molar-refractivity contribution is 5.86. The molecule has 2 aliphatic rings. The summed E-state index contributed by atoms with van der Waals surface area (Å²) in [5.74, 6) is 0.970. The first-order valence-electron chi connectivity index (χ1n) is 11.2. The molecule has 1 unspecified atom stereocenters. The van der Waals surface area contributed by atoms with Gasteiger partial charge in [0.1, 0.15) is 11.9 Å². The van der Waals surface area contributed by atoms with Crippen LogP contribution in [0, 0.1) is 0 Å². The predicted octanol–water partition coefficient (Wildman–Crippen LogP) is 2.28. The quantitative estimate of drug-likeness (QED) is 0.508. The highest BCUT2D eigenvalue weighted by Crippen LogP contribution is 2.36. The summed E-state index contributed by atoms with van der Waals surface area (Å²) in [6.45, 7) is 1.82. The van der Waals surface area contributed by atoms with Crippen LogP contribution < -0.4 is 15.4 Å². The molecule has 1 saturated carbocycles. The number of guanidine groups is 1. The van der Waals surface area contributed by atoms with Gasteiger partial charge in [-0.15, -0.1) is 0 Å². The summed E-state index contributed by atoms with van der Waals surface area (Å²) in [6.07, 6.45) is 6.73. The zero-order chi connectivity index (χ0) is 22.1. The molecule has 1 aromatic carbocycles. The lowest BCUT2D eigenvalue weighted by molar-refractivity contribution is -0.175. The molecule has 1 heterocycles. The molecule has 1 atom stereocenters. The molecule has 0 radical (unpaired) electrons. The van der Waals surface area contributed by atoms with Crippen molar-refractivity contribution < 1.29 is 19.0 Å². The Morgan fingerprint density at radius 2 is 1.87 bits per heavy atom. The number of carbonyl (C=O) groups excluding carboxylic acids is 1. The molecule has 1 amide bonds. The number of nitrogens with one attached hydrogen (secondary N) is 2. The topological polar surface area (TPSA) is 84.4 Å². The van der Waals surface area contributed by atoms with Crippen molar-refractivity contribution in [2.24, 2.45) is 4.99 Å². The minimum absolute atomic E-state index is 0.0168. The van der Waals surface area contributed by atoms with E-state index < -0.39 is 5.79 Å². The van der Waals surface area contributed by atoms with Crippen molar-refractivity contribution in [1.29, 1.82) is 0 Å². The number of benzene rings is 1. The minimum atomic E-state index is -0.405. The molecule has 0 aromatic heterocycles. The third-order valence-electron chi connectivity index (χ3n) is 5.76. The predicted molar refractivity (Wildman–Crippen MR) is 120 cm³/mol. The summed E-state index contributed by atoms with van der Waals surface area (Å²) in [7, 11) is 5.12. The van der Waals surface area contributed by atoms with Gasteiger partial charge in [0, 0.05) is 33.5 Å². The molecule has 2 N–H and O–H groups in total. The van der Waals surface area contributed by atoms with Crippen molar-refractivity contribution in [3.63, 3.8) is 0 Å². The maximum Gasteiger partial charge on any atom is 0.241 e. The normalized spacial score (nSPS) is 20.9. The largest absolute Gasteiger partial charge is 0.497 e. The second-order valence-electron chi connectivity index (χ2n) is 8.41. The smallest absolute Gasteiger partial charge is 0.241 e. The SMILES string of the molecule is COc1ccc(CN=C(NCC(=O)N(C)C)NCC2COC3(CCCCCC3)O2)cc1. The standard InChI is InChI=1S/C23H36N4O4/c1-27(2)21(28)16-26-22(24-14-18-8-10-19(29-3)11-9-18)25-15-20-17-30-23(31-20)12-6-4-5-7-13-23/h8-11,20H,4-7,12-17H2,1-3H3,(H2,24,25,26). The number of hydrogen-bond acceptors (Lipinski definition) is 5. The Labute approximate surface area is 185 Å². The van der Waals surface area contributed by atoms with Crippen LogP contribution in [0.15, 0.2) is 29.3 Å². The van der Waals surface area contributed by atoms with E-state index in [1.54, 1.807) is 26.1 Å². The van der Waals surface area contributed by atoms with Gasteiger partial charge in [0.15, 0.2) is 11.7 Å². The zero-order valence-corrected chi connectivity index (χ0v) is 19.0. The van der Waals surface area contributed by atoms with Gasteiger partial charge in [-0.2, -0.15) is 0 Å². The first kappa shape index (κ1) is 23.3. The summed E-state index contributed by atoms with van der Waals surface area (Å²) in [5.41, 5.74) is 1.05. The van der Waals surface area contributed by atoms with Gasteiger partial charge in [0.2, 0.25) is 5.91 Å². The van der Waals surface area contributed by atoms with E-state index in [1.807, 2.05) is 24.3 Å². The minimum Gasteiger partial charge on any atom is -0.497 e. The number of aliphatic imine (C=N–C) groups is 1. The van der Waals surface area contributed by atoms with Crippen LogP contribution in [0.5, 0.6) is 5.75 Å². The van der Waals surface area contributed by atoms with Crippen molar-refractivity contribution in [2.45, 2.75) is 57.0 Å². The number of likely N-dealkylation sites (N-methyl/N-ethyl adjacent to an activating group) is 1. The van der Waals surface area contributed by atoms with Gasteiger partial charge in [-0.05, 0) is 30.5 Å². The molecule has 1 aliphatic heterocycles. The number of hydrogen-bond donors (Lipinski definition) is 2. The van der Waals surface area contributed by atoms with Gasteiger partial charge in [-0.1, -0.05) is 25.0 Å². The average molecular weight is 433 g/mol. The lowest BCUT2D eigenvalue weighted by Crippen LogP contribution is -2.45. The summed E-state index contributed by atoms with van der Waals surface area (Å²) >= 11 is 0. The van der Waals surface area contributed by atoms with E-state index in [4.69, 9.17) is 14.2 Å². The highest BCUT2D eigenvalue weighted by Gasteiger charge is 2.41. The van der Waals surface area contributed by atoms with Crippen LogP contribution in [0.2, 0.25) is 0 Å². The van der Waals surface area contributed by atoms with Crippen LogP contribution in [0.25, 0.3) is 0 Å². The van der Waals surface area contributed by atoms with Crippen molar-refractivity contribution in [3.8, 4) is 5.75 Å². The molecule has 172 valence electrons. The molecule has 3 rings (SSSR count). The molecule has 8 nitrogen and oxygen atoms in total. The second kappa shape index (κ2) is 11.3. The first-order chi connectivity index (χ1) is 15.0. The van der Waals surface area contributed by atoms with Crippen LogP contribution >= 0.6 is 0 Å². The van der Waals surface area contributed by atoms with Crippen molar-refractivity contribution >= 4 is 11.9 Å². The number of methoxy groups -OCH3 is 1. The van der Waals surface area contributed by atoms with Crippen LogP contribution in [0.3, 0.4) is 0 Å². The molecule has 8 heteroatoms. The molecule has 0 bridgehead atoms. The third kappa shape index (κ3) is 7.11. The van der Waals surface area contributed by atoms with Crippen LogP contribution in [0.1, 0.15) is 44.1 Å². The molecular formula is C23H36N4O4. The maximum absolute atomic E-state index is 12.0. The van der Waals surface area contributed by atoms with E-state index in [-0.39, 0.29) is 18.6 Å². The Bertz CT molecular complexity index is 728. The molecule has 2 fully saturated rings. The van der Waals surface area contributed by atoms with Gasteiger partial charge in [-0.25, -0.2) is 4.99 Å². The summed E-state index contributed by atoms with van der Waals surface area (Å²) in [4.78, 5) is 18.2. The van der Waals surface area contributed by atoms with E-state index >= 15 is 0 Å². The van der Waals surface area contributed by atoms with Crippen molar-refractivity contribution in [3.05, 3.63) is 29.8 Å². The maximum atomic E-state index is 12.0. The number of amides is 1. The number of rotatable bonds is 7. The van der Waals surface area contributed by atoms with Gasteiger partial charge >= 0.3 is 0 Å². The Balaban J connectivity index is 1.57. The third-order valence-corrected chi connectivity index (χ3v) is 5.76. The molecular weight excluding hydrogens is 396 g/mol. The first-order valence-corrected chi connectivity index (χ1v) is 11.2. The average Bonchev–Trinajstić information content (AvgIpc) is 3.03. The fourth-order valence-corrected chi connectivity index (χ4v) is 3.85. The van der Waals surface area contributed by atoms with Gasteiger partial charge in [0.05, 0.1) is 26.8 Å². The van der Waals surface area contributed by atoms with Gasteiger partial charge in [0.25, 0.3) is 0 Å². The van der Waals surface area contributed by atoms with E-state index in [0.29, 0.717) is 25.7 Å². The Kier molecular flexibility index (Phi) is 8.54. The molecule has 1 spiro atoms. The van der Waals surface area contributed by atoms with E-state index in [0.717, 1.165) is 37.0 Å². The summed E-state index contributed by atoms with van der Waals surface area (Å²) < 4.78 is 17.6. The highest BCUT2D eigenvalue weighted by atomic mass is 16.7. The lowest BCUT2D eigenvalue weighted by atomic mass is 10.1. The van der Waals surface area contributed by atoms with Crippen LogP contribution in [-0.2, 0) is 20.8 Å². The Hall–Kier alpha value is -2.32. The van der Waals surface area contributed by atoms with Gasteiger partial charge < -0.3 is 29.7 Å². The number of nitrogens with zero attached hydrogens (tertiary/aromatic N) is 2. The lowest BCUT2D eigenvalue weighted by Gasteiger charge is -2.26. The van der Waals surface area contributed by atoms with Crippen LogP contribution in [0.4, 0.5) is 0 Å². The zero-order valence-electron chi connectivity index (χ0n) is 19.0. The summed E-state index contributed by atoms with van der Waals surface area (Å²) in [5, 5.41) is 6.45. The number of carbonyl (C=O) groups is 1. The Morgan fingerprint density at radius 3 is 2.52 bits per heavy atom.